The summed E-state index contributed by atoms with van der Waals surface area (Å²) in [5.41, 5.74) is -0.917. The van der Waals surface area contributed by atoms with Crippen LogP contribution in [0.3, 0.4) is 0 Å². The van der Waals surface area contributed by atoms with Gasteiger partial charge >= 0.3 is 0 Å². The molecule has 94 valence electrons. The third-order valence-electron chi connectivity index (χ3n) is 2.00. The number of imide groups is 1. The Kier molecular flexibility index (Phi) is 25.3. The molecule has 0 fully saturated rings. The van der Waals surface area contributed by atoms with Crippen LogP contribution in [0.1, 0.15) is 27.2 Å². The maximum absolute atomic E-state index is 11.2. The van der Waals surface area contributed by atoms with Gasteiger partial charge in [-0.2, -0.15) is 6.42 Å². The summed E-state index contributed by atoms with van der Waals surface area (Å²) in [5.74, 6) is -0.688. The molecule has 4 radical (unpaired) electrons. The number of hydrogen-bond donors (Lipinski definition) is 0. The summed E-state index contributed by atoms with van der Waals surface area (Å²) >= 11 is 0. The molecule has 1 heterocycles. The predicted octanol–water partition coefficient (Wildman–Crippen LogP) is 1.49. The predicted molar refractivity (Wildman–Crippen MR) is 62.9 cm³/mol. The van der Waals surface area contributed by atoms with Crippen molar-refractivity contribution in [2.24, 2.45) is 0 Å². The number of nitrogens with zero attached hydrogens (tertiary/aromatic N) is 1. The molecule has 0 aromatic carbocycles. The fraction of sp³-hybridized carbons (Fsp3) is 0.455. The Hall–Kier alpha value is 2.20. The van der Waals surface area contributed by atoms with Gasteiger partial charge in [-0.25, -0.2) is 0 Å². The van der Waals surface area contributed by atoms with E-state index in [1.165, 1.54) is 12.2 Å². The SMILES string of the molecule is C.[B]C(C)(CC[CH2-])N1C(=O)C=CC1=O.[CH3-].[U].[Y].[Y]. The van der Waals surface area contributed by atoms with Crippen LogP contribution < -0.4 is 0 Å². The first-order valence-electron chi connectivity index (χ1n) is 4.13. The Bertz CT molecular complexity index is 268. The maximum atomic E-state index is 11.2. The molecule has 7 heteroatoms. The molecule has 2 amide bonds. The van der Waals surface area contributed by atoms with E-state index in [4.69, 9.17) is 7.85 Å². The summed E-state index contributed by atoms with van der Waals surface area (Å²) in [7, 11) is 5.82. The molecule has 0 saturated carbocycles. The molecule has 0 aliphatic carbocycles. The smallest absolute Gasteiger partial charge is 0.253 e. The van der Waals surface area contributed by atoms with Gasteiger partial charge in [0, 0.05) is 114 Å². The van der Waals surface area contributed by atoms with E-state index in [0.29, 0.717) is 12.8 Å². The minimum absolute atomic E-state index is 0. The van der Waals surface area contributed by atoms with Crippen LogP contribution in [0.2, 0.25) is 0 Å². The van der Waals surface area contributed by atoms with E-state index in [2.05, 4.69) is 6.92 Å². The summed E-state index contributed by atoms with van der Waals surface area (Å²) in [6.45, 7) is 5.30. The van der Waals surface area contributed by atoms with Gasteiger partial charge in [-0.15, -0.1) is 0 Å². The first kappa shape index (κ1) is 32.2. The molecule has 1 atom stereocenters. The number of amides is 2. The normalized spacial score (nSPS) is 15.1. The fourth-order valence-electron chi connectivity index (χ4n) is 1.37. The molecule has 1 unspecified atom stereocenters. The van der Waals surface area contributed by atoms with Gasteiger partial charge in [-0.1, -0.05) is 13.8 Å². The molecule has 1 rings (SSSR count). The van der Waals surface area contributed by atoms with Crippen molar-refractivity contribution < 1.29 is 106 Å². The molecule has 0 spiro atoms. The molecule has 1 aliphatic heterocycles. The van der Waals surface area contributed by atoms with Crippen molar-refractivity contribution in [1.82, 2.24) is 4.90 Å². The third-order valence-corrected chi connectivity index (χ3v) is 2.00. The average Bonchev–Trinajstić information content (AvgIpc) is 2.31. The van der Waals surface area contributed by atoms with E-state index in [9.17, 15) is 9.59 Å². The van der Waals surface area contributed by atoms with Crippen LogP contribution in [-0.2, 0) is 75.0 Å². The van der Waals surface area contributed by atoms with Crippen molar-refractivity contribution in [1.29, 1.82) is 0 Å². The summed E-state index contributed by atoms with van der Waals surface area (Å²) in [5, 5.41) is 0. The van der Waals surface area contributed by atoms with E-state index in [1.54, 1.807) is 6.92 Å². The number of hydrogen-bond acceptors (Lipinski definition) is 2. The van der Waals surface area contributed by atoms with Gasteiger partial charge in [0.1, 0.15) is 7.85 Å². The Morgan fingerprint density at radius 2 is 1.61 bits per heavy atom. The van der Waals surface area contributed by atoms with Gasteiger partial charge in [0.2, 0.25) is 0 Å². The molecule has 0 N–H and O–H groups in total. The first-order chi connectivity index (χ1) is 5.99. The Labute approximate surface area is 187 Å². The van der Waals surface area contributed by atoms with Gasteiger partial charge < -0.3 is 14.4 Å². The molecule has 3 nitrogen and oxygen atoms in total. The molecular formula is C11H18BNO2UY2-2. The second kappa shape index (κ2) is 14.2. The van der Waals surface area contributed by atoms with Gasteiger partial charge in [0.15, 0.2) is 0 Å². The van der Waals surface area contributed by atoms with E-state index in [-0.39, 0.29) is 123 Å². The van der Waals surface area contributed by atoms with Crippen LogP contribution in [0.5, 0.6) is 0 Å². The summed E-state index contributed by atoms with van der Waals surface area (Å²) in [6, 6.07) is 0. The quantitative estimate of drug-likeness (QED) is 0.272. The second-order valence-corrected chi connectivity index (χ2v) is 3.31. The largest absolute Gasteiger partial charge is 0.358 e. The third kappa shape index (κ3) is 8.48. The number of carbonyl (C=O) groups is 2. The van der Waals surface area contributed by atoms with Crippen molar-refractivity contribution in [2.45, 2.75) is 32.6 Å². The Morgan fingerprint density at radius 1 is 1.28 bits per heavy atom. The van der Waals surface area contributed by atoms with Gasteiger partial charge in [-0.05, 0) is 6.92 Å². The molecule has 0 aromatic rings. The van der Waals surface area contributed by atoms with Gasteiger partial charge in [0.25, 0.3) is 11.8 Å². The minimum Gasteiger partial charge on any atom is -0.358 e. The monoisotopic (exact) mass is 623 g/mol. The minimum atomic E-state index is -0.917. The molecule has 1 aliphatic rings. The van der Waals surface area contributed by atoms with Crippen molar-refractivity contribution >= 4 is 19.7 Å². The van der Waals surface area contributed by atoms with E-state index >= 15 is 0 Å². The Morgan fingerprint density at radius 3 is 1.89 bits per heavy atom. The summed E-state index contributed by atoms with van der Waals surface area (Å²) in [6.07, 6.45) is 3.56. The van der Waals surface area contributed by atoms with Crippen molar-refractivity contribution in [3.63, 3.8) is 0 Å². The van der Waals surface area contributed by atoms with Crippen LogP contribution in [0, 0.1) is 45.5 Å². The number of rotatable bonds is 3. The fourth-order valence-corrected chi connectivity index (χ4v) is 1.37. The number of carbonyl (C=O) groups excluding carboxylic acids is 2. The zero-order chi connectivity index (χ0) is 10.1. The zero-order valence-electron chi connectivity index (χ0n) is 10.3. The van der Waals surface area contributed by atoms with Gasteiger partial charge in [-0.3, -0.25) is 14.5 Å². The first-order valence-corrected chi connectivity index (χ1v) is 4.13. The summed E-state index contributed by atoms with van der Waals surface area (Å²) in [4.78, 5) is 23.5. The van der Waals surface area contributed by atoms with Crippen LogP contribution >= 0.6 is 0 Å². The second-order valence-electron chi connectivity index (χ2n) is 3.31. The van der Waals surface area contributed by atoms with Crippen molar-refractivity contribution in [2.75, 3.05) is 0 Å². The Balaban J connectivity index is -0.000000113. The van der Waals surface area contributed by atoms with Crippen molar-refractivity contribution in [3.05, 3.63) is 26.5 Å². The molecule has 0 saturated heterocycles. The molecule has 0 bridgehead atoms. The molecular weight excluding hydrogens is 605 g/mol. The van der Waals surface area contributed by atoms with Crippen LogP contribution in [0.4, 0.5) is 0 Å². The van der Waals surface area contributed by atoms with E-state index in [0.717, 1.165) is 4.90 Å². The van der Waals surface area contributed by atoms with Crippen LogP contribution in [-0.4, -0.2) is 30.0 Å². The summed E-state index contributed by atoms with van der Waals surface area (Å²) < 4.78 is 0. The van der Waals surface area contributed by atoms with Crippen molar-refractivity contribution in [3.8, 4) is 0 Å². The topological polar surface area (TPSA) is 37.4 Å². The standard InChI is InChI=1S/C9H11BNO2.CH4.CH3.U.2Y/c1-3-6-9(2,10)11-7(12)4-5-8(11)13;;;;;/h4-5H,1,3,6H2,2H3;1H4;1H3;;;/q-1;;-1;;;. The molecule has 18 heavy (non-hydrogen) atoms. The molecule has 0 aromatic heterocycles. The van der Waals surface area contributed by atoms with Crippen LogP contribution in [0.25, 0.3) is 0 Å². The van der Waals surface area contributed by atoms with Gasteiger partial charge in [0.05, 0.1) is 0 Å². The average molecular weight is 623 g/mol. The zero-order valence-corrected chi connectivity index (χ0v) is 20.1. The van der Waals surface area contributed by atoms with Crippen LogP contribution in [0.15, 0.2) is 12.2 Å². The maximum Gasteiger partial charge on any atom is 0.253 e. The van der Waals surface area contributed by atoms with E-state index < -0.39 is 5.44 Å². The van der Waals surface area contributed by atoms with E-state index in [1.807, 2.05) is 0 Å².